The fourth-order valence-corrected chi connectivity index (χ4v) is 2.85. The highest BCUT2D eigenvalue weighted by atomic mass is 16.2. The summed E-state index contributed by atoms with van der Waals surface area (Å²) in [5.41, 5.74) is 7.02. The molecule has 2 N–H and O–H groups in total. The van der Waals surface area contributed by atoms with E-state index >= 15 is 0 Å². The monoisotopic (exact) mass is 317 g/mol. The standard InChI is InChI=1S/C18H27N3O2/c1-14(2)21(18(23)20-10-4-3-5-11-20)13-15-6-8-16(9-7-15)17(22)12-19/h6-9,14H,3-5,10-13,19H2,1-2H3. The number of hydrogen-bond donors (Lipinski definition) is 1. The van der Waals surface area contributed by atoms with Crippen LogP contribution >= 0.6 is 0 Å². The van der Waals surface area contributed by atoms with Gasteiger partial charge in [-0.1, -0.05) is 24.3 Å². The first-order chi connectivity index (χ1) is 11.0. The average molecular weight is 317 g/mol. The van der Waals surface area contributed by atoms with Crippen LogP contribution in [0.1, 0.15) is 49.0 Å². The molecule has 2 amide bonds. The molecule has 1 aliphatic heterocycles. The first-order valence-electron chi connectivity index (χ1n) is 8.40. The van der Waals surface area contributed by atoms with Gasteiger partial charge in [0.05, 0.1) is 6.54 Å². The van der Waals surface area contributed by atoms with Gasteiger partial charge in [-0.25, -0.2) is 4.79 Å². The van der Waals surface area contributed by atoms with Crippen LogP contribution < -0.4 is 5.73 Å². The van der Waals surface area contributed by atoms with E-state index in [9.17, 15) is 9.59 Å². The molecule has 5 heteroatoms. The van der Waals surface area contributed by atoms with Gasteiger partial charge in [0.1, 0.15) is 0 Å². The Morgan fingerprint density at radius 3 is 2.26 bits per heavy atom. The molecular formula is C18H27N3O2. The average Bonchev–Trinajstić information content (AvgIpc) is 2.59. The summed E-state index contributed by atoms with van der Waals surface area (Å²) in [6, 6.07) is 7.63. The smallest absolute Gasteiger partial charge is 0.320 e. The quantitative estimate of drug-likeness (QED) is 0.849. The minimum Gasteiger partial charge on any atom is -0.325 e. The second-order valence-corrected chi connectivity index (χ2v) is 6.38. The van der Waals surface area contributed by atoms with Crippen LogP contribution in [0.25, 0.3) is 0 Å². The fourth-order valence-electron chi connectivity index (χ4n) is 2.85. The van der Waals surface area contributed by atoms with Crippen molar-refractivity contribution in [1.29, 1.82) is 0 Å². The summed E-state index contributed by atoms with van der Waals surface area (Å²) in [5, 5.41) is 0. The highest BCUT2D eigenvalue weighted by Gasteiger charge is 2.24. The van der Waals surface area contributed by atoms with Gasteiger partial charge < -0.3 is 15.5 Å². The number of nitrogens with two attached hydrogens (primary N) is 1. The summed E-state index contributed by atoms with van der Waals surface area (Å²) < 4.78 is 0. The maximum absolute atomic E-state index is 12.7. The van der Waals surface area contributed by atoms with Crippen LogP contribution in [0.15, 0.2) is 24.3 Å². The van der Waals surface area contributed by atoms with E-state index in [-0.39, 0.29) is 24.4 Å². The molecule has 0 aromatic heterocycles. The van der Waals surface area contributed by atoms with Crippen LogP contribution in [-0.4, -0.2) is 47.3 Å². The Labute approximate surface area is 138 Å². The Balaban J connectivity index is 2.06. The number of amides is 2. The zero-order chi connectivity index (χ0) is 16.8. The van der Waals surface area contributed by atoms with Crippen molar-refractivity contribution in [3.63, 3.8) is 0 Å². The molecule has 1 aromatic carbocycles. The van der Waals surface area contributed by atoms with E-state index in [0.717, 1.165) is 31.5 Å². The third-order valence-corrected chi connectivity index (χ3v) is 4.31. The number of hydrogen-bond acceptors (Lipinski definition) is 3. The molecule has 0 radical (unpaired) electrons. The van der Waals surface area contributed by atoms with Crippen molar-refractivity contribution < 1.29 is 9.59 Å². The summed E-state index contributed by atoms with van der Waals surface area (Å²) >= 11 is 0. The van der Waals surface area contributed by atoms with Crippen molar-refractivity contribution in [3.8, 4) is 0 Å². The Hall–Kier alpha value is -1.88. The lowest BCUT2D eigenvalue weighted by Gasteiger charge is -2.35. The molecular weight excluding hydrogens is 290 g/mol. The topological polar surface area (TPSA) is 66.6 Å². The van der Waals surface area contributed by atoms with E-state index in [4.69, 9.17) is 5.73 Å². The Bertz CT molecular complexity index is 534. The minimum atomic E-state index is -0.0679. The molecule has 0 bridgehead atoms. The van der Waals surface area contributed by atoms with Crippen LogP contribution in [0.2, 0.25) is 0 Å². The van der Waals surface area contributed by atoms with Gasteiger partial charge in [-0.15, -0.1) is 0 Å². The van der Waals surface area contributed by atoms with Crippen LogP contribution in [0.4, 0.5) is 4.79 Å². The highest BCUT2D eigenvalue weighted by molar-refractivity contribution is 5.97. The van der Waals surface area contributed by atoms with E-state index in [1.807, 2.05) is 35.8 Å². The van der Waals surface area contributed by atoms with E-state index in [1.54, 1.807) is 12.1 Å². The number of Topliss-reactive ketones (excluding diaryl/α,β-unsaturated/α-hetero) is 1. The van der Waals surface area contributed by atoms with Gasteiger partial charge in [-0.2, -0.15) is 0 Å². The number of benzene rings is 1. The fraction of sp³-hybridized carbons (Fsp3) is 0.556. The third-order valence-electron chi connectivity index (χ3n) is 4.31. The minimum absolute atomic E-state index is 0.0188. The highest BCUT2D eigenvalue weighted by Crippen LogP contribution is 2.16. The predicted molar refractivity (Wildman–Crippen MR) is 91.3 cm³/mol. The number of carbonyl (C=O) groups is 2. The first-order valence-corrected chi connectivity index (χ1v) is 8.40. The number of ketones is 1. The summed E-state index contributed by atoms with van der Waals surface area (Å²) in [6.07, 6.45) is 3.39. The maximum Gasteiger partial charge on any atom is 0.320 e. The molecule has 0 spiro atoms. The van der Waals surface area contributed by atoms with E-state index in [1.165, 1.54) is 6.42 Å². The number of nitrogens with zero attached hydrogens (tertiary/aromatic N) is 2. The Morgan fingerprint density at radius 1 is 1.13 bits per heavy atom. The van der Waals surface area contributed by atoms with E-state index < -0.39 is 0 Å². The molecule has 0 atom stereocenters. The van der Waals surface area contributed by atoms with Crippen molar-refractivity contribution >= 4 is 11.8 Å². The molecule has 0 unspecified atom stereocenters. The second kappa shape index (κ2) is 8.11. The SMILES string of the molecule is CC(C)N(Cc1ccc(C(=O)CN)cc1)C(=O)N1CCCCC1. The molecule has 1 aromatic rings. The van der Waals surface area contributed by atoms with Gasteiger partial charge in [0, 0.05) is 31.2 Å². The molecule has 5 nitrogen and oxygen atoms in total. The van der Waals surface area contributed by atoms with E-state index in [2.05, 4.69) is 0 Å². The summed E-state index contributed by atoms with van der Waals surface area (Å²) in [4.78, 5) is 28.2. The molecule has 126 valence electrons. The van der Waals surface area contributed by atoms with Gasteiger partial charge in [0.25, 0.3) is 0 Å². The normalized spacial score (nSPS) is 14.9. The predicted octanol–water partition coefficient (Wildman–Crippen LogP) is 2.64. The summed E-state index contributed by atoms with van der Waals surface area (Å²) in [7, 11) is 0. The lowest BCUT2D eigenvalue weighted by molar-refractivity contribution is 0.100. The van der Waals surface area contributed by atoms with Gasteiger partial charge in [0.15, 0.2) is 5.78 Å². The molecule has 0 saturated carbocycles. The van der Waals surface area contributed by atoms with Crippen LogP contribution in [-0.2, 0) is 6.54 Å². The molecule has 1 saturated heterocycles. The Kier molecular flexibility index (Phi) is 6.16. The number of likely N-dealkylation sites (tertiary alicyclic amines) is 1. The second-order valence-electron chi connectivity index (χ2n) is 6.38. The number of carbonyl (C=O) groups excluding carboxylic acids is 2. The zero-order valence-electron chi connectivity index (χ0n) is 14.1. The number of urea groups is 1. The van der Waals surface area contributed by atoms with Crippen molar-refractivity contribution in [2.75, 3.05) is 19.6 Å². The van der Waals surface area contributed by atoms with Crippen molar-refractivity contribution in [2.45, 2.75) is 45.7 Å². The number of rotatable bonds is 5. The summed E-state index contributed by atoms with van der Waals surface area (Å²) in [5.74, 6) is -0.0679. The zero-order valence-corrected chi connectivity index (χ0v) is 14.1. The Morgan fingerprint density at radius 2 is 1.74 bits per heavy atom. The van der Waals surface area contributed by atoms with Crippen molar-refractivity contribution in [1.82, 2.24) is 9.80 Å². The van der Waals surface area contributed by atoms with E-state index in [0.29, 0.717) is 12.1 Å². The lowest BCUT2D eigenvalue weighted by Crippen LogP contribution is -2.47. The van der Waals surface area contributed by atoms with Crippen molar-refractivity contribution in [3.05, 3.63) is 35.4 Å². The number of piperidine rings is 1. The third kappa shape index (κ3) is 4.55. The van der Waals surface area contributed by atoms with Crippen LogP contribution in [0.3, 0.4) is 0 Å². The van der Waals surface area contributed by atoms with Crippen LogP contribution in [0, 0.1) is 0 Å². The molecule has 0 aliphatic carbocycles. The molecule has 2 rings (SSSR count). The molecule has 1 heterocycles. The van der Waals surface area contributed by atoms with Gasteiger partial charge in [-0.05, 0) is 38.7 Å². The molecule has 1 aliphatic rings. The van der Waals surface area contributed by atoms with Gasteiger partial charge in [0.2, 0.25) is 0 Å². The van der Waals surface area contributed by atoms with Gasteiger partial charge >= 0.3 is 6.03 Å². The maximum atomic E-state index is 12.7. The lowest BCUT2D eigenvalue weighted by atomic mass is 10.1. The largest absolute Gasteiger partial charge is 0.325 e. The van der Waals surface area contributed by atoms with Crippen molar-refractivity contribution in [2.24, 2.45) is 5.73 Å². The van der Waals surface area contributed by atoms with Gasteiger partial charge in [-0.3, -0.25) is 4.79 Å². The summed E-state index contributed by atoms with van der Waals surface area (Å²) in [6.45, 7) is 6.36. The molecule has 1 fully saturated rings. The van der Waals surface area contributed by atoms with Crippen LogP contribution in [0.5, 0.6) is 0 Å². The first kappa shape index (κ1) is 17.5. The molecule has 23 heavy (non-hydrogen) atoms.